The van der Waals surface area contributed by atoms with Gasteiger partial charge >= 0.3 is 0 Å². The molecule has 2 rings (SSSR count). The zero-order chi connectivity index (χ0) is 17.7. The topological polar surface area (TPSA) is 55.4 Å². The van der Waals surface area contributed by atoms with E-state index in [-0.39, 0.29) is 17.7 Å². The third-order valence-corrected chi connectivity index (χ3v) is 3.98. The third kappa shape index (κ3) is 4.09. The molecule has 1 unspecified atom stereocenters. The minimum atomic E-state index is -0.271. The molecule has 0 aromatic heterocycles. The van der Waals surface area contributed by atoms with Gasteiger partial charge in [-0.05, 0) is 44.0 Å². The fraction of sp³-hybridized carbons (Fsp3) is 0.300. The lowest BCUT2D eigenvalue weighted by Crippen LogP contribution is -2.36. The number of aryl methyl sites for hydroxylation is 2. The molecule has 0 aliphatic heterocycles. The van der Waals surface area contributed by atoms with E-state index >= 15 is 0 Å². The number of hydrogen-bond donors (Lipinski definition) is 1. The molecule has 0 spiro atoms. The highest BCUT2D eigenvalue weighted by Gasteiger charge is 2.19. The van der Waals surface area contributed by atoms with Gasteiger partial charge in [0.25, 0.3) is 5.91 Å². The summed E-state index contributed by atoms with van der Waals surface area (Å²) in [5.74, 6) is -0.421. The Morgan fingerprint density at radius 2 is 1.71 bits per heavy atom. The zero-order valence-corrected chi connectivity index (χ0v) is 14.6. The minimum Gasteiger partial charge on any atom is -0.383 e. The quantitative estimate of drug-likeness (QED) is 0.829. The van der Waals surface area contributed by atoms with Crippen LogP contribution in [0.1, 0.15) is 44.3 Å². The first-order chi connectivity index (χ1) is 11.4. The van der Waals surface area contributed by atoms with E-state index in [0.29, 0.717) is 23.3 Å². The van der Waals surface area contributed by atoms with Crippen molar-refractivity contribution in [2.75, 3.05) is 13.7 Å². The summed E-state index contributed by atoms with van der Waals surface area (Å²) in [7, 11) is 1.58. The number of amides is 1. The summed E-state index contributed by atoms with van der Waals surface area (Å²) in [5.41, 5.74) is 3.55. The molecule has 24 heavy (non-hydrogen) atoms. The monoisotopic (exact) mass is 325 g/mol. The largest absolute Gasteiger partial charge is 0.383 e. The molecule has 4 nitrogen and oxygen atoms in total. The summed E-state index contributed by atoms with van der Waals surface area (Å²) in [4.78, 5) is 25.3. The lowest BCUT2D eigenvalue weighted by molar-refractivity contribution is 0.0898. The molecule has 0 saturated carbocycles. The van der Waals surface area contributed by atoms with Gasteiger partial charge in [-0.2, -0.15) is 0 Å². The van der Waals surface area contributed by atoms with Crippen molar-refractivity contribution in [3.63, 3.8) is 0 Å². The van der Waals surface area contributed by atoms with E-state index in [2.05, 4.69) is 5.32 Å². The number of ether oxygens (including phenoxy) is 1. The number of nitrogens with one attached hydrogen (secondary N) is 1. The fourth-order valence-electron chi connectivity index (χ4n) is 2.51. The number of carbonyl (C=O) groups is 2. The van der Waals surface area contributed by atoms with Crippen LogP contribution < -0.4 is 5.32 Å². The Hall–Kier alpha value is -2.46. The first kappa shape index (κ1) is 17.9. The molecule has 2 aromatic rings. The standard InChI is InChI=1S/C20H23NO3/c1-13-9-10-16(11-14(13)2)19(22)17-7-5-6-8-18(17)20(23)21-15(3)12-24-4/h5-11,15H,12H2,1-4H3,(H,21,23). The first-order valence-corrected chi connectivity index (χ1v) is 7.94. The highest BCUT2D eigenvalue weighted by molar-refractivity contribution is 6.15. The molecule has 0 saturated heterocycles. The fourth-order valence-corrected chi connectivity index (χ4v) is 2.51. The van der Waals surface area contributed by atoms with Crippen LogP contribution in [0.2, 0.25) is 0 Å². The van der Waals surface area contributed by atoms with Crippen molar-refractivity contribution >= 4 is 11.7 Å². The number of rotatable bonds is 6. The predicted octanol–water partition coefficient (Wildman–Crippen LogP) is 3.30. The summed E-state index contributed by atoms with van der Waals surface area (Å²) in [5, 5.41) is 2.85. The molecule has 0 heterocycles. The van der Waals surface area contributed by atoms with Gasteiger partial charge in [-0.1, -0.05) is 30.3 Å². The van der Waals surface area contributed by atoms with E-state index in [1.807, 2.05) is 32.9 Å². The van der Waals surface area contributed by atoms with Gasteiger partial charge in [0.2, 0.25) is 0 Å². The van der Waals surface area contributed by atoms with Crippen molar-refractivity contribution in [2.45, 2.75) is 26.8 Å². The molecule has 4 heteroatoms. The second kappa shape index (κ2) is 7.88. The van der Waals surface area contributed by atoms with Crippen LogP contribution >= 0.6 is 0 Å². The maximum Gasteiger partial charge on any atom is 0.252 e. The Bertz CT molecular complexity index is 752. The van der Waals surface area contributed by atoms with Gasteiger partial charge in [0.1, 0.15) is 0 Å². The van der Waals surface area contributed by atoms with Crippen molar-refractivity contribution in [2.24, 2.45) is 0 Å². The molecule has 0 bridgehead atoms. The van der Waals surface area contributed by atoms with E-state index in [1.165, 1.54) is 0 Å². The van der Waals surface area contributed by atoms with E-state index in [9.17, 15) is 9.59 Å². The molecular formula is C20H23NO3. The maximum atomic E-state index is 12.8. The van der Waals surface area contributed by atoms with E-state index in [1.54, 1.807) is 37.4 Å². The molecule has 2 aromatic carbocycles. The number of carbonyl (C=O) groups excluding carboxylic acids is 2. The van der Waals surface area contributed by atoms with Gasteiger partial charge in [0, 0.05) is 24.3 Å². The second-order valence-corrected chi connectivity index (χ2v) is 6.00. The average Bonchev–Trinajstić information content (AvgIpc) is 2.57. The van der Waals surface area contributed by atoms with Crippen molar-refractivity contribution in [1.29, 1.82) is 0 Å². The van der Waals surface area contributed by atoms with Crippen LogP contribution in [-0.2, 0) is 4.74 Å². The zero-order valence-electron chi connectivity index (χ0n) is 14.6. The minimum absolute atomic E-state index is 0.132. The number of hydrogen-bond acceptors (Lipinski definition) is 3. The molecule has 126 valence electrons. The summed E-state index contributed by atoms with van der Waals surface area (Å²) in [6.07, 6.45) is 0. The molecule has 0 aliphatic rings. The smallest absolute Gasteiger partial charge is 0.252 e. The number of methoxy groups -OCH3 is 1. The molecule has 1 atom stereocenters. The molecule has 0 fully saturated rings. The molecule has 1 N–H and O–H groups in total. The highest BCUT2D eigenvalue weighted by Crippen LogP contribution is 2.17. The van der Waals surface area contributed by atoms with Gasteiger partial charge in [-0.15, -0.1) is 0 Å². The van der Waals surface area contributed by atoms with Crippen molar-refractivity contribution < 1.29 is 14.3 Å². The Morgan fingerprint density at radius 1 is 1.04 bits per heavy atom. The van der Waals surface area contributed by atoms with Crippen molar-refractivity contribution in [1.82, 2.24) is 5.32 Å². The van der Waals surface area contributed by atoms with Crippen LogP contribution in [0.15, 0.2) is 42.5 Å². The van der Waals surface area contributed by atoms with Crippen molar-refractivity contribution in [3.8, 4) is 0 Å². The van der Waals surface area contributed by atoms with Gasteiger partial charge in [-0.25, -0.2) is 0 Å². The van der Waals surface area contributed by atoms with Crippen LogP contribution in [0, 0.1) is 13.8 Å². The van der Waals surface area contributed by atoms with E-state index in [0.717, 1.165) is 11.1 Å². The highest BCUT2D eigenvalue weighted by atomic mass is 16.5. The molecule has 0 radical (unpaired) electrons. The molecular weight excluding hydrogens is 302 g/mol. The van der Waals surface area contributed by atoms with Crippen molar-refractivity contribution in [3.05, 3.63) is 70.3 Å². The predicted molar refractivity (Wildman–Crippen MR) is 94.6 cm³/mol. The molecule has 0 aliphatic carbocycles. The second-order valence-electron chi connectivity index (χ2n) is 6.00. The SMILES string of the molecule is COCC(C)NC(=O)c1ccccc1C(=O)c1ccc(C)c(C)c1. The summed E-state index contributed by atoms with van der Waals surface area (Å²) in [6.45, 7) is 6.24. The normalized spacial score (nSPS) is 11.8. The van der Waals surface area contributed by atoms with Gasteiger partial charge in [-0.3, -0.25) is 9.59 Å². The third-order valence-electron chi connectivity index (χ3n) is 3.98. The first-order valence-electron chi connectivity index (χ1n) is 7.94. The van der Waals surface area contributed by atoms with Gasteiger partial charge < -0.3 is 10.1 Å². The average molecular weight is 325 g/mol. The van der Waals surface area contributed by atoms with E-state index in [4.69, 9.17) is 4.74 Å². The van der Waals surface area contributed by atoms with Crippen LogP contribution in [0.25, 0.3) is 0 Å². The Balaban J connectivity index is 2.32. The van der Waals surface area contributed by atoms with Crippen LogP contribution in [-0.4, -0.2) is 31.4 Å². The Kier molecular flexibility index (Phi) is 5.88. The lowest BCUT2D eigenvalue weighted by Gasteiger charge is -2.15. The number of ketones is 1. The molecule has 1 amide bonds. The maximum absolute atomic E-state index is 12.8. The Labute approximate surface area is 142 Å². The lowest BCUT2D eigenvalue weighted by atomic mass is 9.95. The van der Waals surface area contributed by atoms with E-state index < -0.39 is 0 Å². The Morgan fingerprint density at radius 3 is 2.33 bits per heavy atom. The van der Waals surface area contributed by atoms with Crippen LogP contribution in [0.4, 0.5) is 0 Å². The van der Waals surface area contributed by atoms with Gasteiger partial charge in [0.05, 0.1) is 12.2 Å². The summed E-state index contributed by atoms with van der Waals surface area (Å²) >= 11 is 0. The summed E-state index contributed by atoms with van der Waals surface area (Å²) < 4.78 is 5.03. The van der Waals surface area contributed by atoms with Crippen LogP contribution in [0.5, 0.6) is 0 Å². The van der Waals surface area contributed by atoms with Crippen LogP contribution in [0.3, 0.4) is 0 Å². The number of benzene rings is 2. The van der Waals surface area contributed by atoms with Gasteiger partial charge in [0.15, 0.2) is 5.78 Å². The summed E-state index contributed by atoms with van der Waals surface area (Å²) in [6, 6.07) is 12.3.